The molecule has 38 heavy (non-hydrogen) atoms. The van der Waals surface area contributed by atoms with Gasteiger partial charge in [0.1, 0.15) is 18.2 Å². The average Bonchev–Trinajstić information content (AvgIpc) is 3.36. The zero-order valence-corrected chi connectivity index (χ0v) is 21.4. The number of carbonyl (C=O) groups is 2. The summed E-state index contributed by atoms with van der Waals surface area (Å²) in [5.41, 5.74) is 2.76. The Morgan fingerprint density at radius 3 is 2.18 bits per heavy atom. The fourth-order valence-corrected chi connectivity index (χ4v) is 4.36. The van der Waals surface area contributed by atoms with Gasteiger partial charge in [0.15, 0.2) is 0 Å². The summed E-state index contributed by atoms with van der Waals surface area (Å²) in [4.78, 5) is 30.0. The van der Waals surface area contributed by atoms with Crippen LogP contribution in [0.1, 0.15) is 40.5 Å². The first-order chi connectivity index (χ1) is 18.4. The van der Waals surface area contributed by atoms with Crippen molar-refractivity contribution in [2.45, 2.75) is 33.0 Å². The summed E-state index contributed by atoms with van der Waals surface area (Å²) in [5.74, 6) is -1.63. The Hall–Kier alpha value is -4.26. The number of benzene rings is 3. The maximum atomic E-state index is 14.4. The molecule has 0 fully saturated rings. The number of rotatable bonds is 11. The van der Waals surface area contributed by atoms with Crippen LogP contribution in [-0.2, 0) is 24.4 Å². The van der Waals surface area contributed by atoms with Crippen LogP contribution in [-0.4, -0.2) is 39.3 Å². The lowest BCUT2D eigenvalue weighted by atomic mass is 10.1. The van der Waals surface area contributed by atoms with Gasteiger partial charge in [-0.25, -0.2) is 8.78 Å². The van der Waals surface area contributed by atoms with Crippen LogP contribution in [0, 0.1) is 11.6 Å². The highest BCUT2D eigenvalue weighted by atomic mass is 19.1. The van der Waals surface area contributed by atoms with E-state index in [-0.39, 0.29) is 23.8 Å². The lowest BCUT2D eigenvalue weighted by Gasteiger charge is -2.28. The lowest BCUT2D eigenvalue weighted by molar-refractivity contribution is -0.133. The largest absolute Gasteiger partial charge is 0.345 e. The molecule has 4 aromatic rings. The van der Waals surface area contributed by atoms with Crippen molar-refractivity contribution in [2.75, 3.05) is 13.1 Å². The Morgan fingerprint density at radius 1 is 0.763 bits per heavy atom. The Morgan fingerprint density at radius 2 is 1.47 bits per heavy atom. The second-order valence-electron chi connectivity index (χ2n) is 9.20. The quantitative estimate of drug-likeness (QED) is 0.250. The van der Waals surface area contributed by atoms with Gasteiger partial charge in [-0.3, -0.25) is 9.59 Å². The van der Waals surface area contributed by atoms with Gasteiger partial charge in [-0.15, -0.1) is 0 Å². The molecule has 0 aliphatic heterocycles. The maximum absolute atomic E-state index is 14.4. The van der Waals surface area contributed by atoms with Gasteiger partial charge in [0.25, 0.3) is 5.91 Å². The molecule has 0 saturated heterocycles. The van der Waals surface area contributed by atoms with Crippen molar-refractivity contribution in [3.63, 3.8) is 0 Å². The normalized spacial score (nSPS) is 10.8. The minimum Gasteiger partial charge on any atom is -0.345 e. The number of hydrogen-bond acceptors (Lipinski definition) is 2. The van der Waals surface area contributed by atoms with Crippen molar-refractivity contribution in [3.8, 4) is 0 Å². The maximum Gasteiger partial charge on any atom is 0.257 e. The Labute approximate surface area is 221 Å². The van der Waals surface area contributed by atoms with Gasteiger partial charge < -0.3 is 14.4 Å². The van der Waals surface area contributed by atoms with E-state index in [2.05, 4.69) is 0 Å². The van der Waals surface area contributed by atoms with E-state index in [9.17, 15) is 18.4 Å². The van der Waals surface area contributed by atoms with E-state index in [1.54, 1.807) is 23.1 Å². The third kappa shape index (κ3) is 6.94. The predicted octanol–water partition coefficient (Wildman–Crippen LogP) is 5.90. The minimum atomic E-state index is -0.606. The van der Waals surface area contributed by atoms with Gasteiger partial charge in [-0.1, -0.05) is 61.5 Å². The molecule has 1 aromatic heterocycles. The number of nitrogens with zero attached hydrogens (tertiary/aromatic N) is 3. The number of amides is 2. The summed E-state index contributed by atoms with van der Waals surface area (Å²) < 4.78 is 29.7. The van der Waals surface area contributed by atoms with Crippen LogP contribution < -0.4 is 0 Å². The molecule has 0 bridgehead atoms. The molecule has 196 valence electrons. The second kappa shape index (κ2) is 12.8. The van der Waals surface area contributed by atoms with E-state index < -0.39 is 11.7 Å². The summed E-state index contributed by atoms with van der Waals surface area (Å²) >= 11 is 0. The van der Waals surface area contributed by atoms with Gasteiger partial charge in [-0.05, 0) is 53.9 Å². The molecule has 0 atom stereocenters. The van der Waals surface area contributed by atoms with E-state index in [1.807, 2.05) is 60.2 Å². The molecule has 0 aliphatic carbocycles. The first kappa shape index (κ1) is 26.8. The van der Waals surface area contributed by atoms with Crippen LogP contribution in [0.15, 0.2) is 97.2 Å². The van der Waals surface area contributed by atoms with Gasteiger partial charge in [-0.2, -0.15) is 0 Å². The van der Waals surface area contributed by atoms with E-state index in [4.69, 9.17) is 0 Å². The predicted molar refractivity (Wildman–Crippen MR) is 143 cm³/mol. The molecule has 0 spiro atoms. The molecular weight excluding hydrogens is 484 g/mol. The van der Waals surface area contributed by atoms with E-state index in [0.29, 0.717) is 32.6 Å². The Balaban J connectivity index is 1.56. The molecule has 0 radical (unpaired) electrons. The van der Waals surface area contributed by atoms with Crippen molar-refractivity contribution in [3.05, 3.63) is 131 Å². The fraction of sp³-hybridized carbons (Fsp3) is 0.226. The lowest BCUT2D eigenvalue weighted by Crippen LogP contribution is -2.43. The number of aromatic nitrogens is 1. The van der Waals surface area contributed by atoms with Crippen molar-refractivity contribution in [1.82, 2.24) is 14.4 Å². The minimum absolute atomic E-state index is 0.0449. The van der Waals surface area contributed by atoms with Gasteiger partial charge in [0, 0.05) is 31.5 Å². The summed E-state index contributed by atoms with van der Waals surface area (Å²) in [5, 5.41) is 0. The van der Waals surface area contributed by atoms with Gasteiger partial charge in [0.05, 0.1) is 12.1 Å². The van der Waals surface area contributed by atoms with Crippen molar-refractivity contribution >= 4 is 11.8 Å². The zero-order valence-electron chi connectivity index (χ0n) is 21.4. The van der Waals surface area contributed by atoms with E-state index in [0.717, 1.165) is 16.8 Å². The first-order valence-corrected chi connectivity index (χ1v) is 12.7. The average molecular weight is 516 g/mol. The summed E-state index contributed by atoms with van der Waals surface area (Å²) in [6.07, 6.45) is 2.56. The molecular formula is C31H31F2N3O2. The highest BCUT2D eigenvalue weighted by Crippen LogP contribution is 2.16. The third-order valence-electron chi connectivity index (χ3n) is 6.32. The number of carbonyl (C=O) groups excluding carboxylic acids is 2. The molecule has 2 amide bonds. The standard InChI is InChI=1S/C31H31F2N3O2/c1-2-18-35(31(38)28-12-6-7-13-29(28)33)23-30(37)36(21-24-9-4-3-5-10-24)22-27-11-8-19-34(27)20-25-14-16-26(32)17-15-25/h3-17,19H,2,18,20-23H2,1H3. The molecule has 0 saturated carbocycles. The fourth-order valence-electron chi connectivity index (χ4n) is 4.36. The van der Waals surface area contributed by atoms with Crippen LogP contribution in [0.5, 0.6) is 0 Å². The van der Waals surface area contributed by atoms with Gasteiger partial charge >= 0.3 is 0 Å². The van der Waals surface area contributed by atoms with Crippen LogP contribution in [0.3, 0.4) is 0 Å². The number of halogens is 2. The summed E-state index contributed by atoms with van der Waals surface area (Å²) in [7, 11) is 0. The van der Waals surface area contributed by atoms with Gasteiger partial charge in [0.2, 0.25) is 5.91 Å². The van der Waals surface area contributed by atoms with Crippen LogP contribution in [0.2, 0.25) is 0 Å². The van der Waals surface area contributed by atoms with Crippen molar-refractivity contribution in [2.24, 2.45) is 0 Å². The topological polar surface area (TPSA) is 45.6 Å². The molecule has 7 heteroatoms. The molecule has 1 heterocycles. The SMILES string of the molecule is CCCN(CC(=O)N(Cc1ccccc1)Cc1cccn1Cc1ccc(F)cc1)C(=O)c1ccccc1F. The Bertz CT molecular complexity index is 1350. The molecule has 0 N–H and O–H groups in total. The molecule has 0 aliphatic rings. The van der Waals surface area contributed by atoms with Crippen molar-refractivity contribution in [1.29, 1.82) is 0 Å². The second-order valence-corrected chi connectivity index (χ2v) is 9.20. The highest BCUT2D eigenvalue weighted by Gasteiger charge is 2.24. The zero-order chi connectivity index (χ0) is 26.9. The van der Waals surface area contributed by atoms with Crippen LogP contribution >= 0.6 is 0 Å². The van der Waals surface area contributed by atoms with Crippen LogP contribution in [0.4, 0.5) is 8.78 Å². The number of hydrogen-bond donors (Lipinski definition) is 0. The molecule has 0 unspecified atom stereocenters. The monoisotopic (exact) mass is 515 g/mol. The molecule has 4 rings (SSSR count). The summed E-state index contributed by atoms with van der Waals surface area (Å²) in [6, 6.07) is 25.7. The van der Waals surface area contributed by atoms with E-state index in [1.165, 1.54) is 35.2 Å². The molecule has 5 nitrogen and oxygen atoms in total. The van der Waals surface area contributed by atoms with E-state index >= 15 is 0 Å². The van der Waals surface area contributed by atoms with Crippen LogP contribution in [0.25, 0.3) is 0 Å². The third-order valence-corrected chi connectivity index (χ3v) is 6.32. The molecule has 3 aromatic carbocycles. The Kier molecular flexibility index (Phi) is 9.03. The summed E-state index contributed by atoms with van der Waals surface area (Å²) in [6.45, 7) is 3.29. The first-order valence-electron chi connectivity index (χ1n) is 12.7. The highest BCUT2D eigenvalue weighted by molar-refractivity contribution is 5.96. The smallest absolute Gasteiger partial charge is 0.257 e. The van der Waals surface area contributed by atoms with Crippen molar-refractivity contribution < 1.29 is 18.4 Å².